The van der Waals surface area contributed by atoms with E-state index in [0.717, 1.165) is 11.1 Å². The van der Waals surface area contributed by atoms with Crippen molar-refractivity contribution >= 4 is 8.07 Å². The Morgan fingerprint density at radius 1 is 0.867 bits per heavy atom. The van der Waals surface area contributed by atoms with Crippen molar-refractivity contribution < 1.29 is 0 Å². The molecule has 0 radical (unpaired) electrons. The zero-order valence-electron chi connectivity index (χ0n) is 11.1. The van der Waals surface area contributed by atoms with Gasteiger partial charge in [0.1, 0.15) is 0 Å². The molecule has 0 aromatic heterocycles. The van der Waals surface area contributed by atoms with E-state index >= 15 is 0 Å². The van der Waals surface area contributed by atoms with E-state index in [4.69, 9.17) is 0 Å². The van der Waals surface area contributed by atoms with Crippen molar-refractivity contribution in [2.45, 2.75) is 64.7 Å². The first kappa shape index (κ1) is 11.2. The molecular formula is C14H24Si. The van der Waals surface area contributed by atoms with Crippen LogP contribution in [-0.2, 0) is 0 Å². The SMILES string of the molecule is CC1=C(C)C([Si](C)(C)C2CC2)C(C)=C1C. The lowest BCUT2D eigenvalue weighted by atomic mass is 10.1. The van der Waals surface area contributed by atoms with Gasteiger partial charge in [-0.1, -0.05) is 37.1 Å². The van der Waals surface area contributed by atoms with Crippen LogP contribution in [-0.4, -0.2) is 8.07 Å². The Morgan fingerprint density at radius 3 is 1.60 bits per heavy atom. The van der Waals surface area contributed by atoms with Crippen LogP contribution in [0.4, 0.5) is 0 Å². The Balaban J connectivity index is 2.38. The molecule has 0 amide bonds. The van der Waals surface area contributed by atoms with E-state index in [1.165, 1.54) is 12.8 Å². The van der Waals surface area contributed by atoms with Gasteiger partial charge in [-0.05, 0) is 49.9 Å². The highest BCUT2D eigenvalue weighted by atomic mass is 28.3. The van der Waals surface area contributed by atoms with Crippen LogP contribution >= 0.6 is 0 Å². The molecule has 0 heterocycles. The van der Waals surface area contributed by atoms with Crippen LogP contribution in [0.25, 0.3) is 0 Å². The van der Waals surface area contributed by atoms with Crippen molar-refractivity contribution in [2.24, 2.45) is 0 Å². The lowest BCUT2D eigenvalue weighted by molar-refractivity contribution is 1.03. The van der Waals surface area contributed by atoms with Gasteiger partial charge < -0.3 is 0 Å². The summed E-state index contributed by atoms with van der Waals surface area (Å²) >= 11 is 0. The molecule has 1 saturated carbocycles. The Kier molecular flexibility index (Phi) is 2.49. The van der Waals surface area contributed by atoms with Gasteiger partial charge >= 0.3 is 0 Å². The molecule has 0 unspecified atom stereocenters. The third kappa shape index (κ3) is 1.56. The highest BCUT2D eigenvalue weighted by Crippen LogP contribution is 2.57. The summed E-state index contributed by atoms with van der Waals surface area (Å²) in [6.07, 6.45) is 3.02. The Bertz CT molecular complexity index is 330. The highest BCUT2D eigenvalue weighted by molar-refractivity contribution is 6.82. The summed E-state index contributed by atoms with van der Waals surface area (Å²) in [7, 11) is -1.06. The zero-order chi connectivity index (χ0) is 11.4. The molecule has 15 heavy (non-hydrogen) atoms. The van der Waals surface area contributed by atoms with Crippen molar-refractivity contribution in [1.29, 1.82) is 0 Å². The standard InChI is InChI=1S/C14H24Si/c1-9-10(2)12(4)14(11(9)3)15(5,6)13-7-8-13/h13-14H,7-8H2,1-6H3. The summed E-state index contributed by atoms with van der Waals surface area (Å²) in [5.41, 5.74) is 8.50. The normalized spacial score (nSPS) is 24.4. The van der Waals surface area contributed by atoms with Crippen LogP contribution in [0.3, 0.4) is 0 Å². The number of allylic oxidation sites excluding steroid dienone is 4. The quantitative estimate of drug-likeness (QED) is 0.580. The van der Waals surface area contributed by atoms with Gasteiger partial charge in [0, 0.05) is 0 Å². The predicted octanol–water partition coefficient (Wildman–Crippen LogP) is 4.92. The molecule has 0 nitrogen and oxygen atoms in total. The second-order valence-corrected chi connectivity index (χ2v) is 11.2. The van der Waals surface area contributed by atoms with Crippen LogP contribution in [0.5, 0.6) is 0 Å². The molecule has 2 aliphatic rings. The minimum atomic E-state index is -1.06. The topological polar surface area (TPSA) is 0 Å². The fourth-order valence-electron chi connectivity index (χ4n) is 3.53. The maximum atomic E-state index is 2.61. The molecule has 0 N–H and O–H groups in total. The molecule has 0 aliphatic heterocycles. The van der Waals surface area contributed by atoms with Gasteiger partial charge in [0.15, 0.2) is 0 Å². The maximum Gasteiger partial charge on any atom is 0.0626 e. The van der Waals surface area contributed by atoms with Gasteiger partial charge in [-0.15, -0.1) is 0 Å². The first-order valence-corrected chi connectivity index (χ1v) is 9.38. The first-order chi connectivity index (χ1) is 6.87. The van der Waals surface area contributed by atoms with E-state index in [0.29, 0.717) is 0 Å². The Labute approximate surface area is 95.5 Å². The number of rotatable bonds is 2. The first-order valence-electron chi connectivity index (χ1n) is 6.22. The molecule has 0 atom stereocenters. The molecule has 1 heteroatoms. The minimum Gasteiger partial charge on any atom is -0.0684 e. The van der Waals surface area contributed by atoms with Gasteiger partial charge in [-0.2, -0.15) is 0 Å². The van der Waals surface area contributed by atoms with Crippen molar-refractivity contribution in [1.82, 2.24) is 0 Å². The van der Waals surface area contributed by atoms with Crippen molar-refractivity contribution in [3.63, 3.8) is 0 Å². The van der Waals surface area contributed by atoms with Gasteiger partial charge in [0.05, 0.1) is 8.07 Å². The van der Waals surface area contributed by atoms with E-state index in [1.807, 2.05) is 0 Å². The molecule has 0 spiro atoms. The molecule has 1 fully saturated rings. The molecule has 0 saturated heterocycles. The van der Waals surface area contributed by atoms with Crippen molar-refractivity contribution in [3.05, 3.63) is 22.3 Å². The third-order valence-electron chi connectivity index (χ3n) is 4.99. The van der Waals surface area contributed by atoms with E-state index in [2.05, 4.69) is 40.8 Å². The smallest absolute Gasteiger partial charge is 0.0626 e. The third-order valence-corrected chi connectivity index (χ3v) is 10.0. The van der Waals surface area contributed by atoms with E-state index < -0.39 is 8.07 Å². The highest BCUT2D eigenvalue weighted by Gasteiger charge is 2.47. The van der Waals surface area contributed by atoms with Crippen LogP contribution in [0, 0.1) is 0 Å². The summed E-state index contributed by atoms with van der Waals surface area (Å²) in [4.78, 5) is 0. The van der Waals surface area contributed by atoms with Crippen LogP contribution in [0.2, 0.25) is 24.2 Å². The summed E-state index contributed by atoms with van der Waals surface area (Å²) in [6, 6.07) is 0. The lowest BCUT2D eigenvalue weighted by Crippen LogP contribution is -2.33. The lowest BCUT2D eigenvalue weighted by Gasteiger charge is -2.32. The molecule has 0 aromatic carbocycles. The van der Waals surface area contributed by atoms with Gasteiger partial charge in [0.2, 0.25) is 0 Å². The summed E-state index contributed by atoms with van der Waals surface area (Å²) in [5.74, 6) is 0. The molecule has 84 valence electrons. The Hall–Kier alpha value is -0.303. The number of hydrogen-bond donors (Lipinski definition) is 0. The fraction of sp³-hybridized carbons (Fsp3) is 0.714. The van der Waals surface area contributed by atoms with Gasteiger partial charge in [-0.25, -0.2) is 0 Å². The van der Waals surface area contributed by atoms with Crippen molar-refractivity contribution in [2.75, 3.05) is 0 Å². The van der Waals surface area contributed by atoms with E-state index in [-0.39, 0.29) is 0 Å². The average molecular weight is 220 g/mol. The van der Waals surface area contributed by atoms with E-state index in [9.17, 15) is 0 Å². The second-order valence-electron chi connectivity index (χ2n) is 6.14. The average Bonchev–Trinajstić information content (AvgIpc) is 2.95. The van der Waals surface area contributed by atoms with Crippen LogP contribution in [0.15, 0.2) is 22.3 Å². The van der Waals surface area contributed by atoms with E-state index in [1.54, 1.807) is 22.3 Å². The monoisotopic (exact) mass is 220 g/mol. The largest absolute Gasteiger partial charge is 0.0684 e. The van der Waals surface area contributed by atoms with Crippen molar-refractivity contribution in [3.8, 4) is 0 Å². The van der Waals surface area contributed by atoms with Gasteiger partial charge in [0.25, 0.3) is 0 Å². The van der Waals surface area contributed by atoms with Gasteiger partial charge in [-0.3, -0.25) is 0 Å². The predicted molar refractivity (Wildman–Crippen MR) is 71.0 cm³/mol. The van der Waals surface area contributed by atoms with Crippen LogP contribution < -0.4 is 0 Å². The maximum absolute atomic E-state index is 2.61. The minimum absolute atomic E-state index is 0.852. The fourth-order valence-corrected chi connectivity index (χ4v) is 8.32. The molecule has 0 bridgehead atoms. The zero-order valence-corrected chi connectivity index (χ0v) is 12.1. The summed E-state index contributed by atoms with van der Waals surface area (Å²) in [5, 5.41) is 0. The molecule has 0 aromatic rings. The molecular weight excluding hydrogens is 196 g/mol. The summed E-state index contributed by atoms with van der Waals surface area (Å²) in [6.45, 7) is 14.6. The number of hydrogen-bond acceptors (Lipinski definition) is 0. The Morgan fingerprint density at radius 2 is 1.27 bits per heavy atom. The van der Waals surface area contributed by atoms with Crippen LogP contribution in [0.1, 0.15) is 40.5 Å². The molecule has 2 aliphatic carbocycles. The second kappa shape index (κ2) is 3.34. The molecule has 2 rings (SSSR count). The summed E-state index contributed by atoms with van der Waals surface area (Å²) < 4.78 is 0.